The minimum atomic E-state index is -3.27. The molecule has 2 atom stereocenters. The Balaban J connectivity index is 2.63. The molecule has 0 aromatic heterocycles. The van der Waals surface area contributed by atoms with E-state index in [-0.39, 0.29) is 12.0 Å². The van der Waals surface area contributed by atoms with Crippen LogP contribution in [0.4, 0.5) is 0 Å². The molecule has 0 aliphatic carbocycles. The van der Waals surface area contributed by atoms with Gasteiger partial charge in [0, 0.05) is 25.7 Å². The third-order valence-corrected chi connectivity index (χ3v) is 4.50. The Morgan fingerprint density at radius 3 is 2.80 bits per heavy atom. The quantitative estimate of drug-likeness (QED) is 0.714. The molecule has 1 rings (SSSR count). The number of nitrogens with zero attached hydrogens (tertiary/aromatic N) is 1. The van der Waals surface area contributed by atoms with Crippen molar-refractivity contribution in [1.82, 2.24) is 9.03 Å². The van der Waals surface area contributed by atoms with Gasteiger partial charge in [0.25, 0.3) is 10.2 Å². The second-order valence-electron chi connectivity index (χ2n) is 4.12. The van der Waals surface area contributed by atoms with Gasteiger partial charge in [0.2, 0.25) is 0 Å². The highest BCUT2D eigenvalue weighted by Crippen LogP contribution is 2.20. The molecule has 1 aliphatic rings. The van der Waals surface area contributed by atoms with Gasteiger partial charge in [-0.3, -0.25) is 0 Å². The largest absolute Gasteiger partial charge is 0.328 e. The maximum absolute atomic E-state index is 11.7. The van der Waals surface area contributed by atoms with Crippen LogP contribution in [0.3, 0.4) is 0 Å². The first-order chi connectivity index (χ1) is 6.97. The third kappa shape index (κ3) is 3.41. The molecule has 0 saturated carbocycles. The molecule has 0 aromatic carbocycles. The average Bonchev–Trinajstić information content (AvgIpc) is 2.18. The average molecular weight is 235 g/mol. The minimum absolute atomic E-state index is 0.0598. The molecule has 0 spiro atoms. The predicted octanol–water partition coefficient (Wildman–Crippen LogP) is -0.100. The number of rotatable bonds is 4. The van der Waals surface area contributed by atoms with Crippen molar-refractivity contribution in [2.45, 2.75) is 32.7 Å². The van der Waals surface area contributed by atoms with E-state index in [9.17, 15) is 8.42 Å². The van der Waals surface area contributed by atoms with Crippen molar-refractivity contribution >= 4 is 10.2 Å². The van der Waals surface area contributed by atoms with Gasteiger partial charge in [-0.05, 0) is 25.7 Å². The van der Waals surface area contributed by atoms with Gasteiger partial charge in [0.05, 0.1) is 0 Å². The molecule has 0 radical (unpaired) electrons. The van der Waals surface area contributed by atoms with Crippen LogP contribution >= 0.6 is 0 Å². The summed E-state index contributed by atoms with van der Waals surface area (Å²) in [6.07, 6.45) is 1.92. The van der Waals surface area contributed by atoms with E-state index >= 15 is 0 Å². The van der Waals surface area contributed by atoms with Crippen LogP contribution in [0.1, 0.15) is 26.7 Å². The highest BCUT2D eigenvalue weighted by atomic mass is 32.2. The maximum Gasteiger partial charge on any atom is 0.279 e. The first-order valence-electron chi connectivity index (χ1n) is 5.47. The fourth-order valence-corrected chi connectivity index (χ4v) is 3.20. The second kappa shape index (κ2) is 5.25. The summed E-state index contributed by atoms with van der Waals surface area (Å²) < 4.78 is 27.5. The highest BCUT2D eigenvalue weighted by molar-refractivity contribution is 7.87. The summed E-state index contributed by atoms with van der Waals surface area (Å²) in [5, 5.41) is 0. The smallest absolute Gasteiger partial charge is 0.279 e. The summed E-state index contributed by atoms with van der Waals surface area (Å²) in [7, 11) is -3.27. The maximum atomic E-state index is 11.7. The molecule has 5 nitrogen and oxygen atoms in total. The van der Waals surface area contributed by atoms with Crippen LogP contribution in [0, 0.1) is 5.92 Å². The van der Waals surface area contributed by atoms with Gasteiger partial charge in [-0.15, -0.1) is 0 Å². The number of nitrogens with one attached hydrogen (secondary N) is 1. The molecule has 1 heterocycles. The molecule has 0 bridgehead atoms. The molecule has 1 fully saturated rings. The monoisotopic (exact) mass is 235 g/mol. The van der Waals surface area contributed by atoms with Crippen molar-refractivity contribution in [3.63, 3.8) is 0 Å². The fraction of sp³-hybridized carbons (Fsp3) is 1.00. The van der Waals surface area contributed by atoms with E-state index in [1.165, 1.54) is 4.31 Å². The molecule has 3 N–H and O–H groups in total. The standard InChI is InChI=1S/C9H21N3O2S/c1-3-11-15(13,14)12-6-4-5-9(7-12)8(2)10/h8-9,11H,3-7,10H2,1-2H3. The molecule has 0 amide bonds. The summed E-state index contributed by atoms with van der Waals surface area (Å²) in [6, 6.07) is 0.0598. The molecule has 15 heavy (non-hydrogen) atoms. The first-order valence-corrected chi connectivity index (χ1v) is 6.91. The van der Waals surface area contributed by atoms with E-state index in [0.29, 0.717) is 19.6 Å². The van der Waals surface area contributed by atoms with Gasteiger partial charge in [0.1, 0.15) is 0 Å². The Morgan fingerprint density at radius 2 is 2.27 bits per heavy atom. The normalized spacial score (nSPS) is 26.5. The van der Waals surface area contributed by atoms with E-state index in [1.807, 2.05) is 6.92 Å². The summed E-state index contributed by atoms with van der Waals surface area (Å²) >= 11 is 0. The SMILES string of the molecule is CCNS(=O)(=O)N1CCCC(C(C)N)C1. The number of piperidine rings is 1. The first kappa shape index (κ1) is 12.9. The number of hydrogen-bond acceptors (Lipinski definition) is 3. The zero-order chi connectivity index (χ0) is 11.5. The van der Waals surface area contributed by atoms with Crippen LogP contribution in [0.15, 0.2) is 0 Å². The zero-order valence-electron chi connectivity index (χ0n) is 9.44. The molecule has 1 aliphatic heterocycles. The summed E-state index contributed by atoms with van der Waals surface area (Å²) in [4.78, 5) is 0. The van der Waals surface area contributed by atoms with Crippen molar-refractivity contribution in [2.75, 3.05) is 19.6 Å². The number of hydrogen-bond donors (Lipinski definition) is 2. The van der Waals surface area contributed by atoms with Crippen molar-refractivity contribution < 1.29 is 8.42 Å². The summed E-state index contributed by atoms with van der Waals surface area (Å²) in [5.74, 6) is 0.284. The lowest BCUT2D eigenvalue weighted by molar-refractivity contribution is 0.241. The van der Waals surface area contributed by atoms with Gasteiger partial charge in [0.15, 0.2) is 0 Å². The van der Waals surface area contributed by atoms with Gasteiger partial charge in [-0.1, -0.05) is 6.92 Å². The van der Waals surface area contributed by atoms with Crippen LogP contribution in [-0.4, -0.2) is 38.4 Å². The fourth-order valence-electron chi connectivity index (χ4n) is 1.90. The van der Waals surface area contributed by atoms with Crippen molar-refractivity contribution in [3.8, 4) is 0 Å². The van der Waals surface area contributed by atoms with Gasteiger partial charge < -0.3 is 5.73 Å². The van der Waals surface area contributed by atoms with Crippen LogP contribution in [0.2, 0.25) is 0 Å². The van der Waals surface area contributed by atoms with Crippen LogP contribution in [0.25, 0.3) is 0 Å². The van der Waals surface area contributed by atoms with E-state index in [4.69, 9.17) is 5.73 Å². The van der Waals surface area contributed by atoms with E-state index in [0.717, 1.165) is 12.8 Å². The second-order valence-corrected chi connectivity index (χ2v) is 5.88. The number of nitrogens with two attached hydrogens (primary N) is 1. The predicted molar refractivity (Wildman–Crippen MR) is 60.5 cm³/mol. The molecule has 1 saturated heterocycles. The van der Waals surface area contributed by atoms with Crippen LogP contribution in [-0.2, 0) is 10.2 Å². The van der Waals surface area contributed by atoms with Gasteiger partial charge in [-0.2, -0.15) is 12.7 Å². The van der Waals surface area contributed by atoms with E-state index < -0.39 is 10.2 Å². The van der Waals surface area contributed by atoms with E-state index in [1.54, 1.807) is 6.92 Å². The minimum Gasteiger partial charge on any atom is -0.328 e. The highest BCUT2D eigenvalue weighted by Gasteiger charge is 2.29. The summed E-state index contributed by atoms with van der Waals surface area (Å²) in [5.41, 5.74) is 5.80. The van der Waals surface area contributed by atoms with Crippen molar-refractivity contribution in [2.24, 2.45) is 11.7 Å². The van der Waals surface area contributed by atoms with Crippen molar-refractivity contribution in [1.29, 1.82) is 0 Å². The third-order valence-electron chi connectivity index (χ3n) is 2.83. The Morgan fingerprint density at radius 1 is 1.60 bits per heavy atom. The molecular weight excluding hydrogens is 214 g/mol. The van der Waals surface area contributed by atoms with Gasteiger partial charge >= 0.3 is 0 Å². The Bertz CT molecular complexity index is 290. The lowest BCUT2D eigenvalue weighted by Gasteiger charge is -2.33. The van der Waals surface area contributed by atoms with E-state index in [2.05, 4.69) is 4.72 Å². The lowest BCUT2D eigenvalue weighted by atomic mass is 9.93. The topological polar surface area (TPSA) is 75.4 Å². The molecule has 6 heteroatoms. The Kier molecular flexibility index (Phi) is 4.51. The van der Waals surface area contributed by atoms with Crippen LogP contribution < -0.4 is 10.5 Å². The zero-order valence-corrected chi connectivity index (χ0v) is 10.3. The molecule has 0 aromatic rings. The van der Waals surface area contributed by atoms with Crippen LogP contribution in [0.5, 0.6) is 0 Å². The lowest BCUT2D eigenvalue weighted by Crippen LogP contribution is -2.48. The Labute approximate surface area is 92.2 Å². The van der Waals surface area contributed by atoms with Crippen molar-refractivity contribution in [3.05, 3.63) is 0 Å². The molecular formula is C9H21N3O2S. The van der Waals surface area contributed by atoms with Gasteiger partial charge in [-0.25, -0.2) is 4.72 Å². The Hall–Kier alpha value is -0.170. The molecule has 90 valence electrons. The summed E-state index contributed by atoms with van der Waals surface area (Å²) in [6.45, 7) is 5.31. The molecule has 2 unspecified atom stereocenters.